The van der Waals surface area contributed by atoms with Crippen LogP contribution in [0.5, 0.6) is 0 Å². The summed E-state index contributed by atoms with van der Waals surface area (Å²) in [6, 6.07) is 10.1. The first-order valence-corrected chi connectivity index (χ1v) is 10.5. The third kappa shape index (κ3) is 5.11. The molecule has 1 aliphatic rings. The Bertz CT molecular complexity index is 1100. The Hall–Kier alpha value is -2.91. The number of nitrogens with zero attached hydrogens (tertiary/aromatic N) is 4. The van der Waals surface area contributed by atoms with E-state index >= 15 is 0 Å². The number of amides is 1. The van der Waals surface area contributed by atoms with E-state index in [-0.39, 0.29) is 24.5 Å². The lowest BCUT2D eigenvalue weighted by Crippen LogP contribution is -2.37. The lowest BCUT2D eigenvalue weighted by molar-refractivity contribution is -0.137. The zero-order valence-electron chi connectivity index (χ0n) is 17.2. The van der Waals surface area contributed by atoms with E-state index in [1.165, 1.54) is 23.4 Å². The van der Waals surface area contributed by atoms with Gasteiger partial charge in [-0.05, 0) is 55.7 Å². The summed E-state index contributed by atoms with van der Waals surface area (Å²) in [4.78, 5) is 18.8. The smallest absolute Gasteiger partial charge is 0.323 e. The number of halogens is 4. The van der Waals surface area contributed by atoms with Gasteiger partial charge < -0.3 is 5.32 Å². The topological polar surface area (TPSA) is 63.1 Å². The van der Waals surface area contributed by atoms with Gasteiger partial charge in [-0.2, -0.15) is 18.3 Å². The molecule has 0 unspecified atom stereocenters. The lowest BCUT2D eigenvalue weighted by Gasteiger charge is -2.29. The highest BCUT2D eigenvalue weighted by Gasteiger charge is 2.35. The van der Waals surface area contributed by atoms with Crippen molar-refractivity contribution in [2.45, 2.75) is 38.0 Å². The van der Waals surface area contributed by atoms with Gasteiger partial charge in [0, 0.05) is 17.1 Å². The Morgan fingerprint density at radius 3 is 2.72 bits per heavy atom. The normalized spacial score (nSPS) is 15.1. The summed E-state index contributed by atoms with van der Waals surface area (Å²) in [5, 5.41) is 7.39. The van der Waals surface area contributed by atoms with Crippen LogP contribution < -0.4 is 5.32 Å². The van der Waals surface area contributed by atoms with Gasteiger partial charge >= 0.3 is 6.18 Å². The molecule has 0 aliphatic heterocycles. The number of nitrogens with one attached hydrogen (secondary N) is 1. The number of hydrogen-bond donors (Lipinski definition) is 1. The van der Waals surface area contributed by atoms with E-state index in [1.807, 2.05) is 11.8 Å². The number of rotatable bonds is 7. The zero-order chi connectivity index (χ0) is 22.9. The molecule has 1 saturated carbocycles. The van der Waals surface area contributed by atoms with E-state index in [9.17, 15) is 18.0 Å². The second-order valence-electron chi connectivity index (χ2n) is 7.75. The van der Waals surface area contributed by atoms with Crippen LogP contribution in [0.2, 0.25) is 5.02 Å². The molecule has 1 fully saturated rings. The molecule has 1 heterocycles. The number of aromatic nitrogens is 3. The molecule has 10 heteroatoms. The van der Waals surface area contributed by atoms with Crippen LogP contribution in [0.4, 0.5) is 18.9 Å². The molecule has 1 aromatic heterocycles. The summed E-state index contributed by atoms with van der Waals surface area (Å²) in [5.74, 6) is -0.292. The van der Waals surface area contributed by atoms with Crippen LogP contribution in [-0.4, -0.2) is 38.2 Å². The summed E-state index contributed by atoms with van der Waals surface area (Å²) in [6.45, 7) is 1.85. The van der Waals surface area contributed by atoms with Crippen LogP contribution in [0.15, 0.2) is 55.1 Å². The van der Waals surface area contributed by atoms with Crippen molar-refractivity contribution < 1.29 is 18.0 Å². The second kappa shape index (κ2) is 8.91. The van der Waals surface area contributed by atoms with E-state index in [2.05, 4.69) is 15.4 Å². The summed E-state index contributed by atoms with van der Waals surface area (Å²) in [6.07, 6.45) is 0.272. The molecule has 0 spiro atoms. The van der Waals surface area contributed by atoms with E-state index in [1.54, 1.807) is 24.3 Å². The summed E-state index contributed by atoms with van der Waals surface area (Å²) >= 11 is 6.11. The van der Waals surface area contributed by atoms with Crippen LogP contribution in [0.3, 0.4) is 0 Å². The molecular formula is C22H21ClF3N5O. The first kappa shape index (κ1) is 22.3. The highest BCUT2D eigenvalue weighted by atomic mass is 35.5. The van der Waals surface area contributed by atoms with Crippen molar-refractivity contribution >= 4 is 23.2 Å². The van der Waals surface area contributed by atoms with Crippen LogP contribution in [-0.2, 0) is 11.0 Å². The summed E-state index contributed by atoms with van der Waals surface area (Å²) in [7, 11) is 0. The van der Waals surface area contributed by atoms with Crippen molar-refractivity contribution in [3.8, 4) is 5.69 Å². The van der Waals surface area contributed by atoms with Gasteiger partial charge in [-0.1, -0.05) is 23.7 Å². The maximum Gasteiger partial charge on any atom is 0.416 e. The minimum absolute atomic E-state index is 0.0331. The first-order valence-electron chi connectivity index (χ1n) is 10.1. The summed E-state index contributed by atoms with van der Waals surface area (Å²) < 4.78 is 40.9. The minimum Gasteiger partial charge on any atom is -0.323 e. The molecule has 2 aromatic carbocycles. The van der Waals surface area contributed by atoms with Gasteiger partial charge in [0.2, 0.25) is 5.91 Å². The second-order valence-corrected chi connectivity index (χ2v) is 8.19. The van der Waals surface area contributed by atoms with E-state index in [0.29, 0.717) is 22.0 Å². The van der Waals surface area contributed by atoms with Gasteiger partial charge in [0.25, 0.3) is 0 Å². The molecule has 0 bridgehead atoms. The van der Waals surface area contributed by atoms with Crippen LogP contribution in [0, 0.1) is 0 Å². The number of hydrogen-bond acceptors (Lipinski definition) is 4. The van der Waals surface area contributed by atoms with Crippen molar-refractivity contribution in [3.05, 3.63) is 71.3 Å². The Labute approximate surface area is 188 Å². The van der Waals surface area contributed by atoms with E-state index < -0.39 is 11.7 Å². The van der Waals surface area contributed by atoms with Crippen molar-refractivity contribution in [3.63, 3.8) is 0 Å². The molecule has 3 aromatic rings. The predicted molar refractivity (Wildman–Crippen MR) is 115 cm³/mol. The van der Waals surface area contributed by atoms with E-state index in [0.717, 1.165) is 25.0 Å². The fourth-order valence-electron chi connectivity index (χ4n) is 3.65. The fraction of sp³-hybridized carbons (Fsp3) is 0.318. The van der Waals surface area contributed by atoms with Gasteiger partial charge in [-0.3, -0.25) is 9.69 Å². The van der Waals surface area contributed by atoms with Crippen molar-refractivity contribution in [1.29, 1.82) is 0 Å². The number of alkyl halides is 3. The number of carbonyl (C=O) groups is 1. The zero-order valence-corrected chi connectivity index (χ0v) is 17.9. The Balaban J connectivity index is 1.53. The molecule has 4 rings (SSSR count). The van der Waals surface area contributed by atoms with Gasteiger partial charge in [0.15, 0.2) is 0 Å². The SMILES string of the molecule is C[C@H](c1cccc(C(F)(F)F)c1)N(CC(=O)Nc1cc(Cl)ccc1-n1cncn1)C1CC1. The monoisotopic (exact) mass is 463 g/mol. The van der Waals surface area contributed by atoms with Gasteiger partial charge in [0.1, 0.15) is 12.7 Å². The lowest BCUT2D eigenvalue weighted by atomic mass is 10.0. The maximum absolute atomic E-state index is 13.1. The third-order valence-electron chi connectivity index (χ3n) is 5.43. The average molecular weight is 464 g/mol. The number of benzene rings is 2. The molecule has 0 saturated heterocycles. The molecule has 1 atom stereocenters. The van der Waals surface area contributed by atoms with Crippen molar-refractivity contribution in [2.75, 3.05) is 11.9 Å². The summed E-state index contributed by atoms with van der Waals surface area (Å²) in [5.41, 5.74) is 0.892. The Kier molecular flexibility index (Phi) is 6.21. The molecule has 1 aliphatic carbocycles. The van der Waals surface area contributed by atoms with Crippen LogP contribution in [0.25, 0.3) is 5.69 Å². The van der Waals surface area contributed by atoms with Crippen LogP contribution in [0.1, 0.15) is 36.9 Å². The molecule has 6 nitrogen and oxygen atoms in total. The van der Waals surface area contributed by atoms with Gasteiger partial charge in [0.05, 0.1) is 23.5 Å². The number of carbonyl (C=O) groups excluding carboxylic acids is 1. The highest BCUT2D eigenvalue weighted by molar-refractivity contribution is 6.31. The third-order valence-corrected chi connectivity index (χ3v) is 5.67. The van der Waals surface area contributed by atoms with Crippen LogP contribution >= 0.6 is 11.6 Å². The van der Waals surface area contributed by atoms with Crippen molar-refractivity contribution in [1.82, 2.24) is 19.7 Å². The van der Waals surface area contributed by atoms with Gasteiger partial charge in [-0.25, -0.2) is 9.67 Å². The standard InChI is InChI=1S/C22H21ClF3N5O/c1-14(15-3-2-4-16(9-15)22(24,25)26)30(18-6-7-18)11-21(32)29-19-10-17(23)5-8-20(19)31-13-27-12-28-31/h2-5,8-10,12-14,18H,6-7,11H2,1H3,(H,29,32)/t14-/m1/s1. The molecule has 168 valence electrons. The maximum atomic E-state index is 13.1. The Morgan fingerprint density at radius 1 is 1.28 bits per heavy atom. The minimum atomic E-state index is -4.41. The largest absolute Gasteiger partial charge is 0.416 e. The van der Waals surface area contributed by atoms with E-state index in [4.69, 9.17) is 11.6 Å². The highest BCUT2D eigenvalue weighted by Crippen LogP contribution is 2.36. The first-order chi connectivity index (χ1) is 15.2. The Morgan fingerprint density at radius 2 is 2.06 bits per heavy atom. The molecule has 1 amide bonds. The molecule has 1 N–H and O–H groups in total. The molecule has 0 radical (unpaired) electrons. The van der Waals surface area contributed by atoms with Gasteiger partial charge in [-0.15, -0.1) is 0 Å². The fourth-order valence-corrected chi connectivity index (χ4v) is 3.82. The molecule has 32 heavy (non-hydrogen) atoms. The number of anilines is 1. The predicted octanol–water partition coefficient (Wildman–Crippen LogP) is 5.10. The average Bonchev–Trinajstić information content (AvgIpc) is 3.45. The molecular weight excluding hydrogens is 443 g/mol. The quantitative estimate of drug-likeness (QED) is 0.529. The van der Waals surface area contributed by atoms with Crippen molar-refractivity contribution in [2.24, 2.45) is 0 Å².